The normalized spacial score (nSPS) is 11.3. The summed E-state index contributed by atoms with van der Waals surface area (Å²) >= 11 is 6.34. The highest BCUT2D eigenvalue weighted by molar-refractivity contribution is 6.33. The minimum atomic E-state index is -0.933. The molecule has 0 spiro atoms. The van der Waals surface area contributed by atoms with E-state index in [9.17, 15) is 9.59 Å². The summed E-state index contributed by atoms with van der Waals surface area (Å²) in [6.07, 6.45) is 0.594. The molecule has 0 N–H and O–H groups in total. The molecule has 2 aromatic heterocycles. The Morgan fingerprint density at radius 1 is 1.00 bits per heavy atom. The number of rotatable bonds is 5. The van der Waals surface area contributed by atoms with E-state index in [1.54, 1.807) is 39.8 Å². The number of halogens is 2. The van der Waals surface area contributed by atoms with Crippen molar-refractivity contribution in [2.75, 3.05) is 6.61 Å². The molecular formula is C28H25ClFN3O4. The average Bonchev–Trinajstić information content (AvgIpc) is 3.24. The molecule has 4 rings (SSSR count). The highest BCUT2D eigenvalue weighted by Crippen LogP contribution is 2.36. The largest absolute Gasteiger partial charge is 0.461 e. The summed E-state index contributed by atoms with van der Waals surface area (Å²) in [5.41, 5.74) is 0.802. The number of nitrogens with zero attached hydrogens (tertiary/aromatic N) is 3. The standard InChI is InChI=1S/C28H25ClFN3O4/c1-5-36-26(34)24-23(18-14-15-21(31-16-18)17-10-7-6-8-11-17)32-25(22-19(29)12-9-13-20(22)30)33(24)27(35)37-28(2,3)4/h6-16H,5H2,1-4H3. The third-order valence-electron chi connectivity index (χ3n) is 5.22. The zero-order chi connectivity index (χ0) is 26.7. The van der Waals surface area contributed by atoms with Crippen LogP contribution in [0.1, 0.15) is 38.2 Å². The topological polar surface area (TPSA) is 83.3 Å². The molecule has 2 heterocycles. The van der Waals surface area contributed by atoms with Crippen LogP contribution in [0.3, 0.4) is 0 Å². The van der Waals surface area contributed by atoms with E-state index in [2.05, 4.69) is 9.97 Å². The van der Waals surface area contributed by atoms with Crippen LogP contribution in [0.4, 0.5) is 9.18 Å². The van der Waals surface area contributed by atoms with Crippen LogP contribution in [0.2, 0.25) is 5.02 Å². The van der Waals surface area contributed by atoms with Crippen LogP contribution in [0, 0.1) is 5.82 Å². The first-order chi connectivity index (χ1) is 17.6. The monoisotopic (exact) mass is 521 g/mol. The maximum absolute atomic E-state index is 15.0. The summed E-state index contributed by atoms with van der Waals surface area (Å²) in [6.45, 7) is 6.70. The lowest BCUT2D eigenvalue weighted by atomic mass is 10.1. The Labute approximate surface area is 218 Å². The Bertz CT molecular complexity index is 1420. The predicted molar refractivity (Wildman–Crippen MR) is 139 cm³/mol. The number of carbonyl (C=O) groups is 2. The molecule has 0 fully saturated rings. The number of pyridine rings is 1. The van der Waals surface area contributed by atoms with Crippen molar-refractivity contribution < 1.29 is 23.5 Å². The van der Waals surface area contributed by atoms with Gasteiger partial charge in [-0.3, -0.25) is 4.98 Å². The molecule has 0 bridgehead atoms. The lowest BCUT2D eigenvalue weighted by Gasteiger charge is -2.21. The number of esters is 1. The minimum Gasteiger partial charge on any atom is -0.461 e. The second kappa shape index (κ2) is 10.5. The molecule has 0 radical (unpaired) electrons. The molecule has 190 valence electrons. The first kappa shape index (κ1) is 26.0. The van der Waals surface area contributed by atoms with Gasteiger partial charge in [0.1, 0.15) is 17.1 Å². The summed E-state index contributed by atoms with van der Waals surface area (Å²) in [5, 5.41) is 0.00863. The molecule has 0 amide bonds. The Balaban J connectivity index is 1.97. The van der Waals surface area contributed by atoms with Gasteiger partial charge in [0.2, 0.25) is 0 Å². The van der Waals surface area contributed by atoms with Crippen molar-refractivity contribution in [1.29, 1.82) is 0 Å². The van der Waals surface area contributed by atoms with Crippen LogP contribution in [0.15, 0.2) is 66.9 Å². The molecule has 0 atom stereocenters. The van der Waals surface area contributed by atoms with Gasteiger partial charge in [0.05, 0.1) is 22.9 Å². The van der Waals surface area contributed by atoms with Gasteiger partial charge in [-0.05, 0) is 52.0 Å². The number of imidazole rings is 1. The quantitative estimate of drug-likeness (QED) is 0.262. The van der Waals surface area contributed by atoms with Crippen LogP contribution in [0.25, 0.3) is 33.9 Å². The van der Waals surface area contributed by atoms with E-state index >= 15 is 4.39 Å². The lowest BCUT2D eigenvalue weighted by molar-refractivity contribution is 0.0452. The summed E-state index contributed by atoms with van der Waals surface area (Å²) in [7, 11) is 0. The highest BCUT2D eigenvalue weighted by atomic mass is 35.5. The highest BCUT2D eigenvalue weighted by Gasteiger charge is 2.33. The summed E-state index contributed by atoms with van der Waals surface area (Å²) in [6, 6.07) is 17.1. The van der Waals surface area contributed by atoms with Gasteiger partial charge < -0.3 is 9.47 Å². The van der Waals surface area contributed by atoms with Crippen molar-refractivity contribution in [3.8, 4) is 33.9 Å². The van der Waals surface area contributed by atoms with Crippen molar-refractivity contribution in [2.24, 2.45) is 0 Å². The van der Waals surface area contributed by atoms with E-state index in [4.69, 9.17) is 21.1 Å². The number of hydrogen-bond acceptors (Lipinski definition) is 6. The first-order valence-corrected chi connectivity index (χ1v) is 12.0. The number of ether oxygens (including phenoxy) is 2. The number of carbonyl (C=O) groups excluding carboxylic acids is 2. The van der Waals surface area contributed by atoms with Crippen LogP contribution in [-0.4, -0.2) is 38.8 Å². The minimum absolute atomic E-state index is 0.00863. The maximum Gasteiger partial charge on any atom is 0.421 e. The molecule has 0 saturated heterocycles. The van der Waals surface area contributed by atoms with Gasteiger partial charge in [0.15, 0.2) is 11.5 Å². The Morgan fingerprint density at radius 3 is 2.32 bits per heavy atom. The molecule has 0 aliphatic heterocycles. The molecule has 0 aliphatic rings. The van der Waals surface area contributed by atoms with E-state index in [0.717, 1.165) is 10.1 Å². The zero-order valence-corrected chi connectivity index (χ0v) is 21.5. The summed E-state index contributed by atoms with van der Waals surface area (Å²) in [4.78, 5) is 35.6. The number of benzene rings is 2. The second-order valence-electron chi connectivity index (χ2n) is 9.06. The number of aromatic nitrogens is 3. The third kappa shape index (κ3) is 5.54. The van der Waals surface area contributed by atoms with Crippen molar-refractivity contribution >= 4 is 23.7 Å². The molecule has 7 nitrogen and oxygen atoms in total. The third-order valence-corrected chi connectivity index (χ3v) is 5.53. The van der Waals surface area contributed by atoms with Crippen molar-refractivity contribution in [3.05, 3.63) is 83.4 Å². The fourth-order valence-electron chi connectivity index (χ4n) is 3.69. The van der Waals surface area contributed by atoms with Crippen LogP contribution >= 0.6 is 11.6 Å². The fourth-order valence-corrected chi connectivity index (χ4v) is 3.93. The van der Waals surface area contributed by atoms with Crippen molar-refractivity contribution in [3.63, 3.8) is 0 Å². The predicted octanol–water partition coefficient (Wildman–Crippen LogP) is 7.03. The summed E-state index contributed by atoms with van der Waals surface area (Å²) < 4.78 is 26.8. The van der Waals surface area contributed by atoms with Crippen molar-refractivity contribution in [2.45, 2.75) is 33.3 Å². The summed E-state index contributed by atoms with van der Waals surface area (Å²) in [5.74, 6) is -1.74. The molecule has 2 aromatic carbocycles. The van der Waals surface area contributed by atoms with E-state index in [1.165, 1.54) is 24.4 Å². The maximum atomic E-state index is 15.0. The smallest absolute Gasteiger partial charge is 0.421 e. The molecule has 0 aliphatic carbocycles. The van der Waals surface area contributed by atoms with Crippen LogP contribution in [-0.2, 0) is 9.47 Å². The van der Waals surface area contributed by atoms with Gasteiger partial charge in [0.25, 0.3) is 0 Å². The zero-order valence-electron chi connectivity index (χ0n) is 20.8. The van der Waals surface area contributed by atoms with E-state index in [0.29, 0.717) is 11.3 Å². The van der Waals surface area contributed by atoms with Gasteiger partial charge >= 0.3 is 12.1 Å². The van der Waals surface area contributed by atoms with Crippen LogP contribution in [0.5, 0.6) is 0 Å². The van der Waals surface area contributed by atoms with Gasteiger partial charge in [-0.2, -0.15) is 0 Å². The Morgan fingerprint density at radius 2 is 1.73 bits per heavy atom. The Hall–Kier alpha value is -4.04. The molecule has 4 aromatic rings. The van der Waals surface area contributed by atoms with E-state index in [-0.39, 0.29) is 34.4 Å². The van der Waals surface area contributed by atoms with Gasteiger partial charge in [-0.25, -0.2) is 23.5 Å². The Kier molecular flexibility index (Phi) is 7.40. The molecule has 0 unspecified atom stereocenters. The molecule has 0 saturated carbocycles. The molecular weight excluding hydrogens is 497 g/mol. The fraction of sp³-hybridized carbons (Fsp3) is 0.214. The number of hydrogen-bond donors (Lipinski definition) is 0. The van der Waals surface area contributed by atoms with Gasteiger partial charge in [0, 0.05) is 17.3 Å². The SMILES string of the molecule is CCOC(=O)c1c(-c2ccc(-c3ccccc3)nc2)nc(-c2c(F)cccc2Cl)n1C(=O)OC(C)(C)C. The van der Waals surface area contributed by atoms with Gasteiger partial charge in [-0.1, -0.05) is 48.0 Å². The van der Waals surface area contributed by atoms with E-state index < -0.39 is 23.5 Å². The van der Waals surface area contributed by atoms with Crippen molar-refractivity contribution in [1.82, 2.24) is 14.5 Å². The van der Waals surface area contributed by atoms with E-state index in [1.807, 2.05) is 30.3 Å². The molecule has 37 heavy (non-hydrogen) atoms. The second-order valence-corrected chi connectivity index (χ2v) is 9.47. The van der Waals surface area contributed by atoms with Crippen LogP contribution < -0.4 is 0 Å². The lowest BCUT2D eigenvalue weighted by Crippen LogP contribution is -2.30. The first-order valence-electron chi connectivity index (χ1n) is 11.6. The van der Waals surface area contributed by atoms with Gasteiger partial charge in [-0.15, -0.1) is 0 Å². The average molecular weight is 522 g/mol. The molecule has 9 heteroatoms.